The number of hydrogen-bond acceptors (Lipinski definition) is 6. The van der Waals surface area contributed by atoms with Crippen LogP contribution in [0.25, 0.3) is 10.8 Å². The van der Waals surface area contributed by atoms with E-state index in [0.717, 1.165) is 34.9 Å². The van der Waals surface area contributed by atoms with E-state index >= 15 is 0 Å². The number of nitrogens with one attached hydrogen (secondary N) is 1. The molecule has 0 aliphatic heterocycles. The number of aryl methyl sites for hydroxylation is 3. The minimum absolute atomic E-state index is 0.0893. The summed E-state index contributed by atoms with van der Waals surface area (Å²) < 4.78 is 5.78. The van der Waals surface area contributed by atoms with E-state index in [0.29, 0.717) is 11.1 Å². The number of rotatable bonds is 5. The maximum absolute atomic E-state index is 12.2. The van der Waals surface area contributed by atoms with Crippen LogP contribution in [0.4, 0.5) is 5.69 Å². The summed E-state index contributed by atoms with van der Waals surface area (Å²) in [6, 6.07) is 8.07. The SMILES string of the molecule is Cc1ccc(NC(=O)CSc2nnc(-c3cc4c(s3)CC[C@@H](C)C4)o2)cc1C. The van der Waals surface area contributed by atoms with Gasteiger partial charge in [0.05, 0.1) is 10.6 Å². The van der Waals surface area contributed by atoms with Crippen molar-refractivity contribution < 1.29 is 9.21 Å². The fourth-order valence-corrected chi connectivity index (χ4v) is 5.02. The van der Waals surface area contributed by atoms with E-state index in [1.807, 2.05) is 25.1 Å². The summed E-state index contributed by atoms with van der Waals surface area (Å²) in [5.41, 5.74) is 4.58. The summed E-state index contributed by atoms with van der Waals surface area (Å²) in [6.07, 6.45) is 3.50. The smallest absolute Gasteiger partial charge is 0.277 e. The fourth-order valence-electron chi connectivity index (χ4n) is 3.32. The van der Waals surface area contributed by atoms with Gasteiger partial charge in [0.25, 0.3) is 11.1 Å². The molecule has 0 radical (unpaired) electrons. The number of benzene rings is 1. The summed E-state index contributed by atoms with van der Waals surface area (Å²) in [5.74, 6) is 1.42. The Morgan fingerprint density at radius 1 is 1.29 bits per heavy atom. The minimum Gasteiger partial charge on any atom is -0.410 e. The molecule has 1 atom stereocenters. The van der Waals surface area contributed by atoms with Crippen LogP contribution in [0.15, 0.2) is 33.9 Å². The van der Waals surface area contributed by atoms with E-state index in [2.05, 4.69) is 35.4 Å². The number of amides is 1. The number of carbonyl (C=O) groups excluding carboxylic acids is 1. The van der Waals surface area contributed by atoms with E-state index in [9.17, 15) is 4.79 Å². The van der Waals surface area contributed by atoms with Gasteiger partial charge in [0.2, 0.25) is 5.91 Å². The Labute approximate surface area is 173 Å². The molecule has 0 saturated carbocycles. The van der Waals surface area contributed by atoms with Crippen LogP contribution in [-0.4, -0.2) is 21.9 Å². The minimum atomic E-state index is -0.0893. The quantitative estimate of drug-likeness (QED) is 0.577. The first-order chi connectivity index (χ1) is 13.5. The van der Waals surface area contributed by atoms with Gasteiger partial charge in [-0.25, -0.2) is 0 Å². The van der Waals surface area contributed by atoms with Gasteiger partial charge in [0.1, 0.15) is 0 Å². The molecule has 0 spiro atoms. The number of carbonyl (C=O) groups is 1. The number of aromatic nitrogens is 2. The van der Waals surface area contributed by atoms with Crippen LogP contribution < -0.4 is 5.32 Å². The van der Waals surface area contributed by atoms with Crippen molar-refractivity contribution in [3.8, 4) is 10.8 Å². The molecule has 1 amide bonds. The zero-order valence-corrected chi connectivity index (χ0v) is 17.9. The van der Waals surface area contributed by atoms with Crippen molar-refractivity contribution in [3.05, 3.63) is 45.8 Å². The summed E-state index contributed by atoms with van der Waals surface area (Å²) in [4.78, 5) is 14.7. The number of nitrogens with zero attached hydrogens (tertiary/aromatic N) is 2. The highest BCUT2D eigenvalue weighted by atomic mass is 32.2. The summed E-state index contributed by atoms with van der Waals surface area (Å²) in [5, 5.41) is 11.6. The van der Waals surface area contributed by atoms with E-state index in [4.69, 9.17) is 4.42 Å². The van der Waals surface area contributed by atoms with E-state index in [-0.39, 0.29) is 11.7 Å². The molecule has 5 nitrogen and oxygen atoms in total. The van der Waals surface area contributed by atoms with Gasteiger partial charge in [0.15, 0.2) is 0 Å². The van der Waals surface area contributed by atoms with Gasteiger partial charge in [-0.1, -0.05) is 24.8 Å². The highest BCUT2D eigenvalue weighted by Gasteiger charge is 2.21. The van der Waals surface area contributed by atoms with Crippen LogP contribution >= 0.6 is 23.1 Å². The lowest BCUT2D eigenvalue weighted by molar-refractivity contribution is -0.113. The third kappa shape index (κ3) is 4.31. The molecule has 28 heavy (non-hydrogen) atoms. The van der Waals surface area contributed by atoms with Crippen molar-refractivity contribution in [1.82, 2.24) is 10.2 Å². The first-order valence-electron chi connectivity index (χ1n) is 9.43. The summed E-state index contributed by atoms with van der Waals surface area (Å²) >= 11 is 3.01. The highest BCUT2D eigenvalue weighted by Crippen LogP contribution is 2.37. The van der Waals surface area contributed by atoms with Crippen molar-refractivity contribution in [2.45, 2.75) is 45.3 Å². The molecule has 146 valence electrons. The predicted molar refractivity (Wildman–Crippen MR) is 114 cm³/mol. The Morgan fingerprint density at radius 3 is 2.96 bits per heavy atom. The second-order valence-electron chi connectivity index (χ2n) is 7.42. The molecule has 2 aromatic heterocycles. The topological polar surface area (TPSA) is 68.0 Å². The van der Waals surface area contributed by atoms with Gasteiger partial charge < -0.3 is 9.73 Å². The Morgan fingerprint density at radius 2 is 2.14 bits per heavy atom. The molecule has 2 heterocycles. The van der Waals surface area contributed by atoms with Gasteiger partial charge in [-0.3, -0.25) is 4.79 Å². The van der Waals surface area contributed by atoms with Crippen LogP contribution in [0.5, 0.6) is 0 Å². The monoisotopic (exact) mass is 413 g/mol. The molecule has 0 saturated heterocycles. The lowest BCUT2D eigenvalue weighted by atomic mass is 9.90. The first-order valence-corrected chi connectivity index (χ1v) is 11.2. The van der Waals surface area contributed by atoms with Crippen molar-refractivity contribution in [2.24, 2.45) is 5.92 Å². The highest BCUT2D eigenvalue weighted by molar-refractivity contribution is 7.99. The molecule has 1 aliphatic rings. The third-order valence-corrected chi connectivity index (χ3v) is 7.11. The second-order valence-corrected chi connectivity index (χ2v) is 9.48. The Kier molecular flexibility index (Phi) is 5.55. The Balaban J connectivity index is 1.36. The molecule has 0 unspecified atom stereocenters. The third-order valence-electron chi connectivity index (χ3n) is 5.06. The lowest BCUT2D eigenvalue weighted by Gasteiger charge is -2.16. The number of thioether (sulfide) groups is 1. The number of anilines is 1. The van der Waals surface area contributed by atoms with Crippen LogP contribution in [0.1, 0.15) is 34.9 Å². The van der Waals surface area contributed by atoms with Crippen LogP contribution in [0.3, 0.4) is 0 Å². The maximum Gasteiger partial charge on any atom is 0.277 e. The largest absolute Gasteiger partial charge is 0.410 e. The number of hydrogen-bond donors (Lipinski definition) is 1. The second kappa shape index (κ2) is 8.09. The van der Waals surface area contributed by atoms with Crippen LogP contribution in [0.2, 0.25) is 0 Å². The molecule has 0 bridgehead atoms. The summed E-state index contributed by atoms with van der Waals surface area (Å²) in [7, 11) is 0. The molecule has 1 aromatic carbocycles. The maximum atomic E-state index is 12.2. The van der Waals surface area contributed by atoms with Gasteiger partial charge in [-0.05, 0) is 73.9 Å². The Bertz CT molecular complexity index is 1010. The average molecular weight is 414 g/mol. The van der Waals surface area contributed by atoms with Gasteiger partial charge in [-0.15, -0.1) is 21.5 Å². The molecule has 1 N–H and O–H groups in total. The lowest BCUT2D eigenvalue weighted by Crippen LogP contribution is -2.14. The predicted octanol–water partition coefficient (Wildman–Crippen LogP) is 5.27. The zero-order chi connectivity index (χ0) is 19.7. The normalized spacial score (nSPS) is 16.0. The fraction of sp³-hybridized carbons (Fsp3) is 0.381. The number of fused-ring (bicyclic) bond motifs is 1. The van der Waals surface area contributed by atoms with Crippen molar-refractivity contribution in [1.29, 1.82) is 0 Å². The van der Waals surface area contributed by atoms with Crippen molar-refractivity contribution >= 4 is 34.7 Å². The first kappa shape index (κ1) is 19.2. The standard InChI is InChI=1S/C21H23N3O2S2/c1-12-4-7-17-15(8-12)10-18(28-17)20-23-24-21(26-20)27-11-19(25)22-16-6-5-13(2)14(3)9-16/h5-6,9-10,12H,4,7-8,11H2,1-3H3,(H,22,25)/t12-/m1/s1. The molecule has 3 aromatic rings. The van der Waals surface area contributed by atoms with E-state index in [1.54, 1.807) is 11.3 Å². The van der Waals surface area contributed by atoms with E-state index < -0.39 is 0 Å². The van der Waals surface area contributed by atoms with Gasteiger partial charge in [0, 0.05) is 10.6 Å². The van der Waals surface area contributed by atoms with E-state index in [1.165, 1.54) is 34.2 Å². The number of thiophene rings is 1. The molecule has 0 fully saturated rings. The average Bonchev–Trinajstić information content (AvgIpc) is 3.29. The van der Waals surface area contributed by atoms with Crippen LogP contribution in [-0.2, 0) is 17.6 Å². The molecular formula is C21H23N3O2S2. The van der Waals surface area contributed by atoms with Gasteiger partial charge >= 0.3 is 0 Å². The van der Waals surface area contributed by atoms with Crippen molar-refractivity contribution in [2.75, 3.05) is 11.1 Å². The van der Waals surface area contributed by atoms with Crippen molar-refractivity contribution in [3.63, 3.8) is 0 Å². The Hall–Kier alpha value is -2.12. The molecule has 1 aliphatic carbocycles. The van der Waals surface area contributed by atoms with Crippen LogP contribution in [0, 0.1) is 19.8 Å². The zero-order valence-electron chi connectivity index (χ0n) is 16.2. The van der Waals surface area contributed by atoms with Gasteiger partial charge in [-0.2, -0.15) is 0 Å². The molecule has 7 heteroatoms. The molecular weight excluding hydrogens is 390 g/mol. The summed E-state index contributed by atoms with van der Waals surface area (Å²) in [6.45, 7) is 6.38. The molecule has 4 rings (SSSR count).